The normalized spacial score (nSPS) is 14.5. The molecule has 3 aromatic rings. The molecule has 1 fully saturated rings. The lowest BCUT2D eigenvalue weighted by Gasteiger charge is -2.33. The molecule has 4 rings (SSSR count). The molecule has 0 spiro atoms. The zero-order chi connectivity index (χ0) is 29.7. The molecule has 0 radical (unpaired) electrons. The Morgan fingerprint density at radius 3 is 2.17 bits per heavy atom. The summed E-state index contributed by atoms with van der Waals surface area (Å²) in [6.07, 6.45) is 3.99. The van der Waals surface area contributed by atoms with Gasteiger partial charge >= 0.3 is 0 Å². The molecule has 2 amide bonds. The van der Waals surface area contributed by atoms with Crippen LogP contribution in [0.25, 0.3) is 0 Å². The lowest BCUT2D eigenvalue weighted by Crippen LogP contribution is -2.52. The summed E-state index contributed by atoms with van der Waals surface area (Å²) < 4.78 is 30.2. The van der Waals surface area contributed by atoms with E-state index in [1.165, 1.54) is 9.21 Å². The van der Waals surface area contributed by atoms with E-state index in [4.69, 9.17) is 0 Å². The molecular formula is C32H38BrN3O4S. The molecule has 7 nitrogen and oxygen atoms in total. The van der Waals surface area contributed by atoms with Crippen molar-refractivity contribution in [3.8, 4) is 0 Å². The largest absolute Gasteiger partial charge is 0.352 e. The molecule has 0 aliphatic heterocycles. The Labute approximate surface area is 252 Å². The molecule has 218 valence electrons. The summed E-state index contributed by atoms with van der Waals surface area (Å²) in [4.78, 5) is 29.1. The van der Waals surface area contributed by atoms with Gasteiger partial charge in [0.15, 0.2) is 0 Å². The Morgan fingerprint density at radius 1 is 0.927 bits per heavy atom. The van der Waals surface area contributed by atoms with Crippen LogP contribution in [0.15, 0.2) is 76.1 Å². The SMILES string of the molecule is Cc1ccc(S(=O)(=O)N(CC(=O)N(Cc2ccc(Br)cc2)C(C)C(=O)NC2CCCC2)c2cc(C)ccc2C)cc1. The number of nitrogens with zero attached hydrogens (tertiary/aromatic N) is 2. The molecule has 0 aromatic heterocycles. The Morgan fingerprint density at radius 2 is 1.54 bits per heavy atom. The molecule has 1 unspecified atom stereocenters. The molecule has 1 aliphatic carbocycles. The molecule has 1 N–H and O–H groups in total. The van der Waals surface area contributed by atoms with Gasteiger partial charge < -0.3 is 10.2 Å². The number of anilines is 1. The van der Waals surface area contributed by atoms with Crippen molar-refractivity contribution in [3.05, 3.63) is 93.5 Å². The maximum absolute atomic E-state index is 14.1. The van der Waals surface area contributed by atoms with Crippen molar-refractivity contribution in [2.75, 3.05) is 10.8 Å². The Balaban J connectivity index is 1.71. The summed E-state index contributed by atoms with van der Waals surface area (Å²) in [6.45, 7) is 7.03. The molecule has 41 heavy (non-hydrogen) atoms. The molecule has 3 aromatic carbocycles. The zero-order valence-corrected chi connectivity index (χ0v) is 26.5. The number of nitrogens with one attached hydrogen (secondary N) is 1. The van der Waals surface area contributed by atoms with Crippen LogP contribution >= 0.6 is 15.9 Å². The minimum atomic E-state index is -4.10. The Hall–Kier alpha value is -3.17. The first kappa shape index (κ1) is 30.8. The number of amides is 2. The number of sulfonamides is 1. The van der Waals surface area contributed by atoms with Crippen LogP contribution in [0.2, 0.25) is 0 Å². The summed E-state index contributed by atoms with van der Waals surface area (Å²) in [7, 11) is -4.10. The highest BCUT2D eigenvalue weighted by atomic mass is 79.9. The smallest absolute Gasteiger partial charge is 0.264 e. The van der Waals surface area contributed by atoms with Crippen molar-refractivity contribution in [1.82, 2.24) is 10.2 Å². The third-order valence-electron chi connectivity index (χ3n) is 7.66. The number of benzene rings is 3. The summed E-state index contributed by atoms with van der Waals surface area (Å²) >= 11 is 3.44. The molecule has 0 saturated heterocycles. The summed E-state index contributed by atoms with van der Waals surface area (Å²) in [5.41, 5.74) is 3.80. The second-order valence-corrected chi connectivity index (χ2v) is 13.7. The van der Waals surface area contributed by atoms with Gasteiger partial charge in [-0.15, -0.1) is 0 Å². The number of hydrogen-bond donors (Lipinski definition) is 1. The van der Waals surface area contributed by atoms with Crippen molar-refractivity contribution in [1.29, 1.82) is 0 Å². The van der Waals surface area contributed by atoms with Crippen molar-refractivity contribution in [3.63, 3.8) is 0 Å². The van der Waals surface area contributed by atoms with Gasteiger partial charge in [0.1, 0.15) is 12.6 Å². The van der Waals surface area contributed by atoms with Gasteiger partial charge in [-0.2, -0.15) is 0 Å². The first-order valence-electron chi connectivity index (χ1n) is 14.0. The maximum atomic E-state index is 14.1. The summed E-state index contributed by atoms with van der Waals surface area (Å²) in [5, 5.41) is 3.10. The van der Waals surface area contributed by atoms with Crippen molar-refractivity contribution < 1.29 is 18.0 Å². The van der Waals surface area contributed by atoms with E-state index in [9.17, 15) is 18.0 Å². The quantitative estimate of drug-likeness (QED) is 0.293. The van der Waals surface area contributed by atoms with Gasteiger partial charge in [-0.1, -0.05) is 70.7 Å². The highest BCUT2D eigenvalue weighted by Gasteiger charge is 2.34. The standard InChI is InChI=1S/C32H38BrN3O4S/c1-22-10-17-29(18-11-22)41(39,40)36(30-19-23(2)9-12-24(30)3)21-31(37)35(20-26-13-15-27(33)16-14-26)25(4)32(38)34-28-7-5-6-8-28/h9-19,25,28H,5-8,20-21H2,1-4H3,(H,34,38). The number of halogens is 1. The van der Waals surface area contributed by atoms with Gasteiger partial charge in [-0.05, 0) is 87.6 Å². The third kappa shape index (κ3) is 7.57. The fourth-order valence-electron chi connectivity index (χ4n) is 5.10. The van der Waals surface area contributed by atoms with Crippen LogP contribution in [-0.4, -0.2) is 43.8 Å². The molecule has 1 aliphatic rings. The summed E-state index contributed by atoms with van der Waals surface area (Å²) in [6, 6.07) is 19.0. The van der Waals surface area contributed by atoms with E-state index in [1.807, 2.05) is 57.2 Å². The fraction of sp³-hybridized carbons (Fsp3) is 0.375. The Kier molecular flexibility index (Phi) is 9.92. The van der Waals surface area contributed by atoms with Crippen LogP contribution in [0.4, 0.5) is 5.69 Å². The van der Waals surface area contributed by atoms with Gasteiger partial charge in [0.05, 0.1) is 10.6 Å². The lowest BCUT2D eigenvalue weighted by molar-refractivity contribution is -0.139. The predicted molar refractivity (Wildman–Crippen MR) is 166 cm³/mol. The second-order valence-electron chi connectivity index (χ2n) is 10.9. The van der Waals surface area contributed by atoms with Crippen LogP contribution in [0.5, 0.6) is 0 Å². The van der Waals surface area contributed by atoms with E-state index in [1.54, 1.807) is 37.3 Å². The maximum Gasteiger partial charge on any atom is 0.264 e. The van der Waals surface area contributed by atoms with Gasteiger partial charge in [0.25, 0.3) is 10.0 Å². The number of carbonyl (C=O) groups is 2. The van der Waals surface area contributed by atoms with Crippen molar-refractivity contribution in [2.45, 2.75) is 76.9 Å². The minimum absolute atomic E-state index is 0.0999. The van der Waals surface area contributed by atoms with E-state index in [2.05, 4.69) is 21.2 Å². The lowest BCUT2D eigenvalue weighted by atomic mass is 10.1. The molecule has 9 heteroatoms. The van der Waals surface area contributed by atoms with Gasteiger partial charge in [0.2, 0.25) is 11.8 Å². The van der Waals surface area contributed by atoms with Crippen LogP contribution in [0.1, 0.15) is 54.9 Å². The van der Waals surface area contributed by atoms with E-state index >= 15 is 0 Å². The van der Waals surface area contributed by atoms with Gasteiger partial charge in [-0.25, -0.2) is 8.42 Å². The second kappa shape index (κ2) is 13.2. The number of carbonyl (C=O) groups excluding carboxylic acids is 2. The average molecular weight is 641 g/mol. The monoisotopic (exact) mass is 639 g/mol. The fourth-order valence-corrected chi connectivity index (χ4v) is 6.83. The van der Waals surface area contributed by atoms with Crippen LogP contribution < -0.4 is 9.62 Å². The van der Waals surface area contributed by atoms with Gasteiger partial charge in [-0.3, -0.25) is 13.9 Å². The van der Waals surface area contributed by atoms with Gasteiger partial charge in [0, 0.05) is 17.1 Å². The average Bonchev–Trinajstić information content (AvgIpc) is 3.45. The highest BCUT2D eigenvalue weighted by Crippen LogP contribution is 2.29. The van der Waals surface area contributed by atoms with E-state index in [-0.39, 0.29) is 23.4 Å². The molecule has 1 atom stereocenters. The summed E-state index contributed by atoms with van der Waals surface area (Å²) in [5.74, 6) is -0.694. The predicted octanol–water partition coefficient (Wildman–Crippen LogP) is 6.05. The molecular weight excluding hydrogens is 602 g/mol. The third-order valence-corrected chi connectivity index (χ3v) is 9.96. The number of rotatable bonds is 10. The van der Waals surface area contributed by atoms with E-state index in [0.717, 1.165) is 52.4 Å². The van der Waals surface area contributed by atoms with Crippen molar-refractivity contribution in [2.24, 2.45) is 0 Å². The van der Waals surface area contributed by atoms with Crippen LogP contribution in [0.3, 0.4) is 0 Å². The molecule has 1 saturated carbocycles. The van der Waals surface area contributed by atoms with E-state index in [0.29, 0.717) is 5.69 Å². The zero-order valence-electron chi connectivity index (χ0n) is 24.1. The Bertz CT molecular complexity index is 1480. The van der Waals surface area contributed by atoms with Crippen LogP contribution in [-0.2, 0) is 26.2 Å². The highest BCUT2D eigenvalue weighted by molar-refractivity contribution is 9.10. The number of aryl methyl sites for hydroxylation is 3. The van der Waals surface area contributed by atoms with E-state index < -0.39 is 28.5 Å². The molecule has 0 heterocycles. The molecule has 0 bridgehead atoms. The van der Waals surface area contributed by atoms with Crippen molar-refractivity contribution >= 4 is 43.5 Å². The first-order chi connectivity index (χ1) is 19.5. The number of hydrogen-bond acceptors (Lipinski definition) is 4. The van der Waals surface area contributed by atoms with Crippen LogP contribution in [0, 0.1) is 20.8 Å². The topological polar surface area (TPSA) is 86.8 Å². The first-order valence-corrected chi connectivity index (χ1v) is 16.2. The minimum Gasteiger partial charge on any atom is -0.352 e.